The lowest BCUT2D eigenvalue weighted by molar-refractivity contribution is 0.0738. The Balaban J connectivity index is 2.97. The fourth-order valence-electron chi connectivity index (χ4n) is 0.667. The number of rotatable bonds is 1. The Hall–Kier alpha value is -0.890. The molecule has 1 heterocycles. The lowest BCUT2D eigenvalue weighted by atomic mass is 10.1. The molecule has 0 atom stereocenters. The molecule has 1 rings (SSSR count). The summed E-state index contributed by atoms with van der Waals surface area (Å²) in [5, 5.41) is 9.41. The third-order valence-corrected chi connectivity index (χ3v) is 1.24. The van der Waals surface area contributed by atoms with Crippen LogP contribution in [0.2, 0.25) is 0 Å². The van der Waals surface area contributed by atoms with E-state index in [1.807, 2.05) is 0 Å². The molecule has 0 aliphatic carbocycles. The number of nitrogens with zero attached hydrogens (tertiary/aromatic N) is 1. The van der Waals surface area contributed by atoms with Crippen molar-refractivity contribution in [1.29, 1.82) is 0 Å². The van der Waals surface area contributed by atoms with E-state index in [4.69, 9.17) is 0 Å². The van der Waals surface area contributed by atoms with E-state index in [1.165, 1.54) is 0 Å². The summed E-state index contributed by atoms with van der Waals surface area (Å²) >= 11 is 0. The van der Waals surface area contributed by atoms with E-state index in [-0.39, 0.29) is 0 Å². The lowest BCUT2D eigenvalue weighted by Crippen LogP contribution is -2.16. The van der Waals surface area contributed by atoms with Crippen molar-refractivity contribution in [3.63, 3.8) is 0 Å². The van der Waals surface area contributed by atoms with Gasteiger partial charge in [0.2, 0.25) is 0 Å². The van der Waals surface area contributed by atoms with Gasteiger partial charge in [0.25, 0.3) is 0 Å². The van der Waals surface area contributed by atoms with Crippen LogP contribution in [0.25, 0.3) is 0 Å². The number of hydrogen-bond acceptors (Lipinski definition) is 2. The summed E-state index contributed by atoms with van der Waals surface area (Å²) in [5.74, 6) is 0. The van der Waals surface area contributed by atoms with Crippen LogP contribution in [0.4, 0.5) is 0 Å². The number of pyridine rings is 1. The summed E-state index contributed by atoms with van der Waals surface area (Å²) in [7, 11) is 0. The third kappa shape index (κ3) is 1.54. The Morgan fingerprint density at radius 3 is 2.60 bits per heavy atom. The van der Waals surface area contributed by atoms with E-state index in [0.29, 0.717) is 5.69 Å². The molecule has 0 aromatic carbocycles. The molecule has 2 nitrogen and oxygen atoms in total. The van der Waals surface area contributed by atoms with Crippen molar-refractivity contribution in [2.45, 2.75) is 19.4 Å². The van der Waals surface area contributed by atoms with Crippen LogP contribution in [0.3, 0.4) is 0 Å². The smallest absolute Gasteiger partial charge is 0.101 e. The van der Waals surface area contributed by atoms with Gasteiger partial charge in [0.15, 0.2) is 0 Å². The van der Waals surface area contributed by atoms with E-state index < -0.39 is 5.60 Å². The normalized spacial score (nSPS) is 11.5. The maximum Gasteiger partial charge on any atom is 0.101 e. The van der Waals surface area contributed by atoms with Gasteiger partial charge >= 0.3 is 0 Å². The molecular weight excluding hydrogens is 126 g/mol. The zero-order valence-electron chi connectivity index (χ0n) is 6.13. The van der Waals surface area contributed by atoms with Gasteiger partial charge < -0.3 is 5.11 Å². The van der Waals surface area contributed by atoms with Crippen molar-refractivity contribution in [2.75, 3.05) is 0 Å². The molecule has 0 aliphatic rings. The van der Waals surface area contributed by atoms with Gasteiger partial charge in [-0.15, -0.1) is 0 Å². The van der Waals surface area contributed by atoms with Crippen LogP contribution in [0, 0.1) is 6.20 Å². The quantitative estimate of drug-likeness (QED) is 0.627. The maximum absolute atomic E-state index is 9.41. The molecule has 0 bridgehead atoms. The minimum absolute atomic E-state index is 0.648. The summed E-state index contributed by atoms with van der Waals surface area (Å²) in [4.78, 5) is 3.88. The highest BCUT2D eigenvalue weighted by atomic mass is 16.3. The second-order valence-corrected chi connectivity index (χ2v) is 2.71. The number of aromatic nitrogens is 1. The number of hydrogen-bond donors (Lipinski definition) is 1. The molecule has 0 saturated carbocycles. The highest BCUT2D eigenvalue weighted by molar-refractivity contribution is 5.09. The van der Waals surface area contributed by atoms with Gasteiger partial charge in [-0.3, -0.25) is 0 Å². The van der Waals surface area contributed by atoms with Gasteiger partial charge in [-0.2, -0.15) is 0 Å². The van der Waals surface area contributed by atoms with Crippen molar-refractivity contribution >= 4 is 0 Å². The van der Waals surface area contributed by atoms with Crippen molar-refractivity contribution in [3.05, 3.63) is 30.1 Å². The highest BCUT2D eigenvalue weighted by Gasteiger charge is 2.15. The second kappa shape index (κ2) is 2.39. The molecule has 1 aromatic rings. The van der Waals surface area contributed by atoms with Crippen LogP contribution in [0.1, 0.15) is 19.5 Å². The minimum atomic E-state index is -0.849. The second-order valence-electron chi connectivity index (χ2n) is 2.71. The average molecular weight is 136 g/mol. The van der Waals surface area contributed by atoms with Gasteiger partial charge in [-0.25, -0.2) is 4.98 Å². The molecule has 0 fully saturated rings. The Labute approximate surface area is 60.5 Å². The van der Waals surface area contributed by atoms with Gasteiger partial charge in [-0.1, -0.05) is 6.07 Å². The molecule has 2 heteroatoms. The summed E-state index contributed by atoms with van der Waals surface area (Å²) in [5.41, 5.74) is -0.201. The molecule has 1 aromatic heterocycles. The molecule has 0 saturated heterocycles. The maximum atomic E-state index is 9.41. The van der Waals surface area contributed by atoms with Crippen molar-refractivity contribution < 1.29 is 5.11 Å². The molecule has 0 amide bonds. The van der Waals surface area contributed by atoms with Crippen molar-refractivity contribution in [3.8, 4) is 0 Å². The van der Waals surface area contributed by atoms with Crippen LogP contribution < -0.4 is 0 Å². The molecule has 0 spiro atoms. The molecule has 1 radical (unpaired) electrons. The largest absolute Gasteiger partial charge is 0.384 e. The predicted octanol–water partition coefficient (Wildman–Crippen LogP) is 1.11. The fraction of sp³-hybridized carbons (Fsp3) is 0.375. The van der Waals surface area contributed by atoms with E-state index in [9.17, 15) is 5.11 Å². The first kappa shape index (κ1) is 7.22. The van der Waals surface area contributed by atoms with Crippen molar-refractivity contribution in [1.82, 2.24) is 4.98 Å². The van der Waals surface area contributed by atoms with Gasteiger partial charge in [0, 0.05) is 0 Å². The molecular formula is C8H10NO. The molecule has 53 valence electrons. The zero-order chi connectivity index (χ0) is 7.61. The van der Waals surface area contributed by atoms with Gasteiger partial charge in [-0.05, 0) is 26.0 Å². The van der Waals surface area contributed by atoms with Crippen LogP contribution in [-0.4, -0.2) is 10.1 Å². The van der Waals surface area contributed by atoms with E-state index in [1.54, 1.807) is 32.0 Å². The minimum Gasteiger partial charge on any atom is -0.384 e. The van der Waals surface area contributed by atoms with Crippen molar-refractivity contribution in [2.24, 2.45) is 0 Å². The molecule has 10 heavy (non-hydrogen) atoms. The Morgan fingerprint density at radius 1 is 1.60 bits per heavy atom. The third-order valence-electron chi connectivity index (χ3n) is 1.24. The van der Waals surface area contributed by atoms with Gasteiger partial charge in [0.1, 0.15) is 5.60 Å². The summed E-state index contributed by atoms with van der Waals surface area (Å²) in [6.45, 7) is 3.40. The van der Waals surface area contributed by atoms with Crippen LogP contribution in [0.15, 0.2) is 18.2 Å². The molecule has 1 N–H and O–H groups in total. The fourth-order valence-corrected chi connectivity index (χ4v) is 0.667. The SMILES string of the molecule is CC(C)(O)c1ccc[c]n1. The Bertz CT molecular complexity index is 200. The Kier molecular flexibility index (Phi) is 1.72. The standard InChI is InChI=1S/C8H10NO/c1-8(2,10)7-5-3-4-6-9-7/h3-5,10H,1-2H3. The van der Waals surface area contributed by atoms with E-state index in [2.05, 4.69) is 11.2 Å². The lowest BCUT2D eigenvalue weighted by Gasteiger charge is -2.14. The topological polar surface area (TPSA) is 33.1 Å². The van der Waals surface area contributed by atoms with Gasteiger partial charge in [0.05, 0.1) is 11.9 Å². The summed E-state index contributed by atoms with van der Waals surface area (Å²) in [6.07, 6.45) is 2.66. The van der Waals surface area contributed by atoms with Crippen LogP contribution in [-0.2, 0) is 5.60 Å². The highest BCUT2D eigenvalue weighted by Crippen LogP contribution is 2.14. The zero-order valence-corrected chi connectivity index (χ0v) is 6.13. The first-order chi connectivity index (χ1) is 4.61. The van der Waals surface area contributed by atoms with Crippen LogP contribution >= 0.6 is 0 Å². The van der Waals surface area contributed by atoms with E-state index in [0.717, 1.165) is 0 Å². The first-order valence-electron chi connectivity index (χ1n) is 3.16. The number of aliphatic hydroxyl groups is 1. The summed E-state index contributed by atoms with van der Waals surface area (Å²) in [6, 6.07) is 5.28. The van der Waals surface area contributed by atoms with E-state index >= 15 is 0 Å². The monoisotopic (exact) mass is 136 g/mol. The average Bonchev–Trinajstić information content (AvgIpc) is 1.88. The predicted molar refractivity (Wildman–Crippen MR) is 38.3 cm³/mol. The summed E-state index contributed by atoms with van der Waals surface area (Å²) < 4.78 is 0. The Morgan fingerprint density at radius 2 is 2.30 bits per heavy atom. The molecule has 0 unspecified atom stereocenters. The first-order valence-corrected chi connectivity index (χ1v) is 3.16. The molecule has 0 aliphatic heterocycles. The van der Waals surface area contributed by atoms with Crippen LogP contribution in [0.5, 0.6) is 0 Å².